The second-order valence-electron chi connectivity index (χ2n) is 4.85. The Bertz CT molecular complexity index is 388. The number of aryl methyl sites for hydroxylation is 1. The largest absolute Gasteiger partial charge is 0.483 e. The van der Waals surface area contributed by atoms with Crippen LogP contribution in [0, 0.1) is 5.92 Å². The number of nitrogens with one attached hydrogen (secondary N) is 1. The number of hydrogen-bond donors (Lipinski definition) is 1. The fourth-order valence-electron chi connectivity index (χ4n) is 1.54. The van der Waals surface area contributed by atoms with Gasteiger partial charge in [0.25, 0.3) is 5.91 Å². The van der Waals surface area contributed by atoms with Crippen molar-refractivity contribution < 1.29 is 9.53 Å². The van der Waals surface area contributed by atoms with Gasteiger partial charge in [0.05, 0.1) is 0 Å². The summed E-state index contributed by atoms with van der Waals surface area (Å²) in [6.07, 6.45) is 0.903. The molecule has 1 aromatic carbocycles. The zero-order valence-electron chi connectivity index (χ0n) is 11.7. The van der Waals surface area contributed by atoms with Crippen LogP contribution in [0.3, 0.4) is 0 Å². The van der Waals surface area contributed by atoms with E-state index in [2.05, 4.69) is 26.1 Å². The van der Waals surface area contributed by atoms with Gasteiger partial charge in [0.1, 0.15) is 5.75 Å². The molecule has 1 N–H and O–H groups in total. The van der Waals surface area contributed by atoms with Crippen molar-refractivity contribution in [3.05, 3.63) is 29.8 Å². The standard InChI is InChI=1S/C15H23NO2/c1-5-13-8-6-7-9-14(13)18-10-15(17)16-12(4)11(2)3/h6-9,11-12H,5,10H2,1-4H3,(H,16,17). The van der Waals surface area contributed by atoms with E-state index in [0.717, 1.165) is 17.7 Å². The summed E-state index contributed by atoms with van der Waals surface area (Å²) < 4.78 is 5.56. The zero-order chi connectivity index (χ0) is 13.5. The van der Waals surface area contributed by atoms with Crippen molar-refractivity contribution in [3.8, 4) is 5.75 Å². The SMILES string of the molecule is CCc1ccccc1OCC(=O)NC(C)C(C)C. The first-order chi connectivity index (χ1) is 8.54. The molecule has 1 amide bonds. The minimum atomic E-state index is -0.0675. The monoisotopic (exact) mass is 249 g/mol. The summed E-state index contributed by atoms with van der Waals surface area (Å²) in [4.78, 5) is 11.7. The van der Waals surface area contributed by atoms with Crippen LogP contribution in [0.2, 0.25) is 0 Å². The van der Waals surface area contributed by atoms with Crippen molar-refractivity contribution in [2.75, 3.05) is 6.61 Å². The average molecular weight is 249 g/mol. The maximum atomic E-state index is 11.7. The summed E-state index contributed by atoms with van der Waals surface area (Å²) in [6, 6.07) is 7.99. The predicted octanol–water partition coefficient (Wildman–Crippen LogP) is 2.79. The van der Waals surface area contributed by atoms with Crippen molar-refractivity contribution in [1.29, 1.82) is 0 Å². The van der Waals surface area contributed by atoms with Gasteiger partial charge in [0.15, 0.2) is 6.61 Å². The van der Waals surface area contributed by atoms with Crippen molar-refractivity contribution in [3.63, 3.8) is 0 Å². The Labute approximate surface area is 110 Å². The molecule has 0 saturated heterocycles. The lowest BCUT2D eigenvalue weighted by Crippen LogP contribution is -2.39. The molecule has 0 spiro atoms. The molecule has 1 atom stereocenters. The molecule has 100 valence electrons. The molecule has 1 aromatic rings. The molecule has 0 fully saturated rings. The number of para-hydroxylation sites is 1. The Balaban J connectivity index is 2.47. The Morgan fingerprint density at radius 3 is 2.56 bits per heavy atom. The van der Waals surface area contributed by atoms with Crippen molar-refractivity contribution in [2.24, 2.45) is 5.92 Å². The van der Waals surface area contributed by atoms with Crippen LogP contribution in [0.1, 0.15) is 33.3 Å². The fraction of sp³-hybridized carbons (Fsp3) is 0.533. The third-order valence-corrected chi connectivity index (χ3v) is 3.10. The topological polar surface area (TPSA) is 38.3 Å². The average Bonchev–Trinajstić information content (AvgIpc) is 2.36. The second-order valence-corrected chi connectivity index (χ2v) is 4.85. The van der Waals surface area contributed by atoms with E-state index in [1.54, 1.807) is 0 Å². The number of carbonyl (C=O) groups is 1. The highest BCUT2D eigenvalue weighted by molar-refractivity contribution is 5.77. The number of ether oxygens (including phenoxy) is 1. The molecule has 3 heteroatoms. The van der Waals surface area contributed by atoms with E-state index in [1.807, 2.05) is 31.2 Å². The van der Waals surface area contributed by atoms with E-state index < -0.39 is 0 Å². The number of carbonyl (C=O) groups excluding carboxylic acids is 1. The Hall–Kier alpha value is -1.51. The van der Waals surface area contributed by atoms with Gasteiger partial charge in [-0.2, -0.15) is 0 Å². The first-order valence-corrected chi connectivity index (χ1v) is 6.54. The van der Waals surface area contributed by atoms with Crippen molar-refractivity contribution in [1.82, 2.24) is 5.32 Å². The molecule has 18 heavy (non-hydrogen) atoms. The predicted molar refractivity (Wildman–Crippen MR) is 73.8 cm³/mol. The summed E-state index contributed by atoms with van der Waals surface area (Å²) in [5.41, 5.74) is 1.13. The summed E-state index contributed by atoms with van der Waals surface area (Å²) in [5.74, 6) is 1.16. The molecule has 0 aliphatic carbocycles. The Morgan fingerprint density at radius 2 is 1.94 bits per heavy atom. The number of hydrogen-bond acceptors (Lipinski definition) is 2. The zero-order valence-corrected chi connectivity index (χ0v) is 11.7. The van der Waals surface area contributed by atoms with Crippen LogP contribution < -0.4 is 10.1 Å². The minimum Gasteiger partial charge on any atom is -0.483 e. The number of rotatable bonds is 6. The quantitative estimate of drug-likeness (QED) is 0.842. The maximum absolute atomic E-state index is 11.7. The van der Waals surface area contributed by atoms with E-state index in [1.165, 1.54) is 0 Å². The number of amides is 1. The van der Waals surface area contributed by atoms with Gasteiger partial charge in [-0.1, -0.05) is 39.0 Å². The molecule has 0 aliphatic rings. The van der Waals surface area contributed by atoms with Gasteiger partial charge in [-0.3, -0.25) is 4.79 Å². The number of benzene rings is 1. The third kappa shape index (κ3) is 4.40. The summed E-state index contributed by atoms with van der Waals surface area (Å²) >= 11 is 0. The third-order valence-electron chi connectivity index (χ3n) is 3.10. The smallest absolute Gasteiger partial charge is 0.258 e. The first kappa shape index (κ1) is 14.6. The Kier molecular flexibility index (Phi) is 5.69. The highest BCUT2D eigenvalue weighted by Crippen LogP contribution is 2.17. The summed E-state index contributed by atoms with van der Waals surface area (Å²) in [7, 11) is 0. The maximum Gasteiger partial charge on any atom is 0.258 e. The molecule has 3 nitrogen and oxygen atoms in total. The van der Waals surface area contributed by atoms with Crippen LogP contribution in [0.4, 0.5) is 0 Å². The van der Waals surface area contributed by atoms with Crippen LogP contribution >= 0.6 is 0 Å². The van der Waals surface area contributed by atoms with Gasteiger partial charge in [-0.25, -0.2) is 0 Å². The first-order valence-electron chi connectivity index (χ1n) is 6.54. The molecule has 0 bridgehead atoms. The van der Waals surface area contributed by atoms with Crippen LogP contribution in [0.5, 0.6) is 5.75 Å². The lowest BCUT2D eigenvalue weighted by molar-refractivity contribution is -0.124. The molecule has 0 heterocycles. The molecule has 1 rings (SSSR count). The molecular weight excluding hydrogens is 226 g/mol. The normalized spacial score (nSPS) is 12.3. The van der Waals surface area contributed by atoms with Crippen LogP contribution in [0.15, 0.2) is 24.3 Å². The van der Waals surface area contributed by atoms with Crippen molar-refractivity contribution in [2.45, 2.75) is 40.2 Å². The summed E-state index contributed by atoms with van der Waals surface area (Å²) in [5, 5.41) is 2.92. The minimum absolute atomic E-state index is 0.0675. The van der Waals surface area contributed by atoms with Gasteiger partial charge in [-0.15, -0.1) is 0 Å². The van der Waals surface area contributed by atoms with E-state index in [4.69, 9.17) is 4.74 Å². The molecule has 0 aliphatic heterocycles. The Morgan fingerprint density at radius 1 is 1.28 bits per heavy atom. The lowest BCUT2D eigenvalue weighted by atomic mass is 10.1. The van der Waals surface area contributed by atoms with E-state index in [0.29, 0.717) is 5.92 Å². The molecular formula is C15H23NO2. The van der Waals surface area contributed by atoms with E-state index >= 15 is 0 Å². The second kappa shape index (κ2) is 7.04. The van der Waals surface area contributed by atoms with E-state index in [-0.39, 0.29) is 18.6 Å². The van der Waals surface area contributed by atoms with Gasteiger partial charge in [0, 0.05) is 6.04 Å². The van der Waals surface area contributed by atoms with Gasteiger partial charge in [0.2, 0.25) is 0 Å². The van der Waals surface area contributed by atoms with Crippen LogP contribution in [-0.4, -0.2) is 18.6 Å². The van der Waals surface area contributed by atoms with Crippen molar-refractivity contribution >= 4 is 5.91 Å². The highest BCUT2D eigenvalue weighted by Gasteiger charge is 2.11. The molecule has 0 radical (unpaired) electrons. The lowest BCUT2D eigenvalue weighted by Gasteiger charge is -2.18. The van der Waals surface area contributed by atoms with Crippen LogP contribution in [-0.2, 0) is 11.2 Å². The van der Waals surface area contributed by atoms with Gasteiger partial charge < -0.3 is 10.1 Å². The molecule has 1 unspecified atom stereocenters. The molecule has 0 aromatic heterocycles. The fourth-order valence-corrected chi connectivity index (χ4v) is 1.54. The summed E-state index contributed by atoms with van der Waals surface area (Å²) in [6.45, 7) is 8.32. The van der Waals surface area contributed by atoms with Crippen LogP contribution in [0.25, 0.3) is 0 Å². The highest BCUT2D eigenvalue weighted by atomic mass is 16.5. The van der Waals surface area contributed by atoms with Gasteiger partial charge in [-0.05, 0) is 30.9 Å². The molecule has 0 saturated carbocycles. The van der Waals surface area contributed by atoms with Gasteiger partial charge >= 0.3 is 0 Å². The van der Waals surface area contributed by atoms with E-state index in [9.17, 15) is 4.79 Å².